The summed E-state index contributed by atoms with van der Waals surface area (Å²) in [7, 11) is 0. The highest BCUT2D eigenvalue weighted by Gasteiger charge is 2.68. The van der Waals surface area contributed by atoms with Crippen molar-refractivity contribution in [1.82, 2.24) is 10.2 Å². The number of alkyl halides is 1. The first-order chi connectivity index (χ1) is 11.7. The van der Waals surface area contributed by atoms with Gasteiger partial charge in [-0.2, -0.15) is 0 Å². The van der Waals surface area contributed by atoms with E-state index in [1.165, 1.54) is 18.0 Å². The number of carbonyl (C=O) groups is 5. The van der Waals surface area contributed by atoms with Crippen LogP contribution in [0, 0.1) is 0 Å². The smallest absolute Gasteiger partial charge is 0.342 e. The zero-order chi connectivity index (χ0) is 18.8. The standard InChI is InChI=1S/C14H15BrN2O7S/c1-7(18)24-5-8-4-17-11(21)14(13(22)23,12(17)25-6-8)16-10(20)2-9(19)3-15/h4,12H,2-3,5-6H2,1H3,(H,16,20)(H,22,23)/t12-,14?/m0/s1. The molecule has 1 fully saturated rings. The van der Waals surface area contributed by atoms with E-state index in [2.05, 4.69) is 21.2 Å². The Bertz CT molecular complexity index is 680. The zero-order valence-electron chi connectivity index (χ0n) is 13.1. The quantitative estimate of drug-likeness (QED) is 0.240. The molecular formula is C14H15BrN2O7S. The number of β-lactam (4-membered cyclic amide) rings is 1. The van der Waals surface area contributed by atoms with Crippen molar-refractivity contribution in [2.45, 2.75) is 24.3 Å². The summed E-state index contributed by atoms with van der Waals surface area (Å²) >= 11 is 4.05. The number of esters is 1. The van der Waals surface area contributed by atoms with Crippen LogP contribution in [0.4, 0.5) is 0 Å². The van der Waals surface area contributed by atoms with Crippen LogP contribution >= 0.6 is 27.7 Å². The Morgan fingerprint density at radius 3 is 2.72 bits per heavy atom. The molecule has 0 bridgehead atoms. The molecule has 0 aromatic carbocycles. The number of aliphatic carboxylic acids is 1. The van der Waals surface area contributed by atoms with Crippen molar-refractivity contribution in [3.63, 3.8) is 0 Å². The van der Waals surface area contributed by atoms with E-state index >= 15 is 0 Å². The van der Waals surface area contributed by atoms with Gasteiger partial charge in [-0.05, 0) is 5.57 Å². The number of fused-ring (bicyclic) bond motifs is 1. The minimum atomic E-state index is -2.10. The van der Waals surface area contributed by atoms with Crippen LogP contribution in [-0.2, 0) is 28.7 Å². The predicted octanol–water partition coefficient (Wildman–Crippen LogP) is -0.358. The molecule has 11 heteroatoms. The molecule has 0 aliphatic carbocycles. The number of ketones is 1. The number of amides is 2. The minimum Gasteiger partial charge on any atom is -0.479 e. The number of hydrogen-bond acceptors (Lipinski definition) is 7. The third-order valence-electron chi connectivity index (χ3n) is 3.58. The maximum Gasteiger partial charge on any atom is 0.342 e. The fraction of sp³-hybridized carbons (Fsp3) is 0.500. The molecule has 0 saturated carbocycles. The Morgan fingerprint density at radius 2 is 2.16 bits per heavy atom. The SMILES string of the molecule is CC(=O)OCC1=CN2C(=O)C(NC(=O)CC(=O)CBr)(C(=O)O)[C@@H]2SC1. The molecular weight excluding hydrogens is 420 g/mol. The van der Waals surface area contributed by atoms with Crippen LogP contribution in [0.2, 0.25) is 0 Å². The van der Waals surface area contributed by atoms with Gasteiger partial charge in [0.25, 0.3) is 5.91 Å². The van der Waals surface area contributed by atoms with Crippen LogP contribution in [-0.4, -0.2) is 68.1 Å². The molecule has 2 aliphatic rings. The lowest BCUT2D eigenvalue weighted by atomic mass is 9.87. The Hall–Kier alpha value is -1.88. The van der Waals surface area contributed by atoms with Crippen LogP contribution in [0.5, 0.6) is 0 Å². The lowest BCUT2D eigenvalue weighted by Crippen LogP contribution is -2.81. The molecule has 25 heavy (non-hydrogen) atoms. The number of nitrogens with one attached hydrogen (secondary N) is 1. The van der Waals surface area contributed by atoms with Gasteiger partial charge in [-0.3, -0.25) is 19.2 Å². The fourth-order valence-corrected chi connectivity index (χ4v) is 4.00. The highest BCUT2D eigenvalue weighted by Crippen LogP contribution is 2.43. The molecule has 0 aromatic heterocycles. The lowest BCUT2D eigenvalue weighted by molar-refractivity contribution is -0.170. The first-order valence-corrected chi connectivity index (χ1v) is 9.28. The fourth-order valence-electron chi connectivity index (χ4n) is 2.44. The number of rotatable bonds is 7. The predicted molar refractivity (Wildman–Crippen MR) is 89.7 cm³/mol. The number of ether oxygens (including phenoxy) is 1. The second kappa shape index (κ2) is 7.56. The number of Topliss-reactive ketones (excluding diaryl/α,β-unsaturated/α-hetero) is 1. The van der Waals surface area contributed by atoms with E-state index in [1.807, 2.05) is 0 Å². The number of carboxylic acid groups (broad SMARTS) is 1. The molecule has 1 saturated heterocycles. The summed E-state index contributed by atoms with van der Waals surface area (Å²) in [6.07, 6.45) is 0.919. The van der Waals surface area contributed by atoms with E-state index in [0.717, 1.165) is 11.8 Å². The maximum atomic E-state index is 12.4. The number of halogens is 1. The number of carboxylic acids is 1. The molecule has 1 unspecified atom stereocenters. The van der Waals surface area contributed by atoms with E-state index < -0.39 is 46.9 Å². The molecule has 136 valence electrons. The van der Waals surface area contributed by atoms with Crippen LogP contribution in [0.25, 0.3) is 0 Å². The molecule has 2 N–H and O–H groups in total. The van der Waals surface area contributed by atoms with Gasteiger partial charge in [-0.15, -0.1) is 11.8 Å². The molecule has 0 spiro atoms. The molecule has 2 rings (SSSR count). The Labute approximate surface area is 155 Å². The summed E-state index contributed by atoms with van der Waals surface area (Å²) in [6, 6.07) is 0. The number of thioether (sulfide) groups is 1. The third-order valence-corrected chi connectivity index (χ3v) is 5.64. The van der Waals surface area contributed by atoms with Crippen molar-refractivity contribution in [2.24, 2.45) is 0 Å². The van der Waals surface area contributed by atoms with Crippen LogP contribution in [0.3, 0.4) is 0 Å². The second-order valence-electron chi connectivity index (χ2n) is 5.45. The van der Waals surface area contributed by atoms with Crippen LogP contribution in [0.15, 0.2) is 11.8 Å². The zero-order valence-corrected chi connectivity index (χ0v) is 15.5. The highest BCUT2D eigenvalue weighted by molar-refractivity contribution is 9.09. The maximum absolute atomic E-state index is 12.4. The topological polar surface area (TPSA) is 130 Å². The molecule has 9 nitrogen and oxygen atoms in total. The average Bonchev–Trinajstić information content (AvgIpc) is 2.56. The summed E-state index contributed by atoms with van der Waals surface area (Å²) in [5.74, 6) is -3.67. The van der Waals surface area contributed by atoms with E-state index in [9.17, 15) is 29.1 Å². The summed E-state index contributed by atoms with van der Waals surface area (Å²) in [4.78, 5) is 59.4. The first-order valence-electron chi connectivity index (χ1n) is 7.11. The third kappa shape index (κ3) is 3.71. The van der Waals surface area contributed by atoms with Crippen molar-refractivity contribution in [2.75, 3.05) is 17.7 Å². The summed E-state index contributed by atoms with van der Waals surface area (Å²) in [6.45, 7) is 1.26. The number of carbonyl (C=O) groups excluding carboxylic acids is 4. The van der Waals surface area contributed by atoms with E-state index in [-0.39, 0.29) is 11.9 Å². The molecule has 0 radical (unpaired) electrons. The minimum absolute atomic E-state index is 0.00498. The number of hydrogen-bond donors (Lipinski definition) is 2. The lowest BCUT2D eigenvalue weighted by Gasteiger charge is -2.53. The van der Waals surface area contributed by atoms with Crippen LogP contribution < -0.4 is 5.32 Å². The van der Waals surface area contributed by atoms with Gasteiger partial charge in [0.05, 0.1) is 11.8 Å². The Balaban J connectivity index is 2.14. The van der Waals surface area contributed by atoms with Gasteiger partial charge in [-0.25, -0.2) is 4.79 Å². The molecule has 0 aromatic rings. The van der Waals surface area contributed by atoms with Crippen molar-refractivity contribution in [3.05, 3.63) is 11.8 Å². The average molecular weight is 435 g/mol. The first kappa shape index (κ1) is 19.4. The van der Waals surface area contributed by atoms with E-state index in [4.69, 9.17) is 4.74 Å². The number of nitrogens with zero attached hydrogens (tertiary/aromatic N) is 1. The van der Waals surface area contributed by atoms with Gasteiger partial charge in [0.1, 0.15) is 12.0 Å². The van der Waals surface area contributed by atoms with Crippen molar-refractivity contribution in [1.29, 1.82) is 0 Å². The normalized spacial score (nSPS) is 24.6. The monoisotopic (exact) mass is 434 g/mol. The largest absolute Gasteiger partial charge is 0.479 e. The Kier molecular flexibility index (Phi) is 5.88. The summed E-state index contributed by atoms with van der Waals surface area (Å²) in [5.41, 5.74) is -1.46. The molecule has 2 heterocycles. The van der Waals surface area contributed by atoms with Crippen molar-refractivity contribution in [3.8, 4) is 0 Å². The van der Waals surface area contributed by atoms with Crippen molar-refractivity contribution >= 4 is 57.2 Å². The highest BCUT2D eigenvalue weighted by atomic mass is 79.9. The summed E-state index contributed by atoms with van der Waals surface area (Å²) in [5, 5.41) is 10.8. The summed E-state index contributed by atoms with van der Waals surface area (Å²) < 4.78 is 4.86. The van der Waals surface area contributed by atoms with Gasteiger partial charge in [0.2, 0.25) is 11.4 Å². The Morgan fingerprint density at radius 1 is 1.48 bits per heavy atom. The van der Waals surface area contributed by atoms with Crippen LogP contribution in [0.1, 0.15) is 13.3 Å². The van der Waals surface area contributed by atoms with Gasteiger partial charge in [-0.1, -0.05) is 15.9 Å². The van der Waals surface area contributed by atoms with E-state index in [0.29, 0.717) is 11.3 Å². The van der Waals surface area contributed by atoms with Gasteiger partial charge >= 0.3 is 11.9 Å². The molecule has 2 amide bonds. The van der Waals surface area contributed by atoms with Gasteiger partial charge in [0, 0.05) is 18.9 Å². The van der Waals surface area contributed by atoms with Gasteiger partial charge in [0.15, 0.2) is 5.78 Å². The second-order valence-corrected chi connectivity index (χ2v) is 7.08. The molecule has 2 aliphatic heterocycles. The van der Waals surface area contributed by atoms with Crippen molar-refractivity contribution < 1.29 is 33.8 Å². The van der Waals surface area contributed by atoms with E-state index in [1.54, 1.807) is 0 Å². The van der Waals surface area contributed by atoms with Gasteiger partial charge < -0.3 is 20.1 Å². The molecule has 2 atom stereocenters.